The molecule has 0 spiro atoms. The first kappa shape index (κ1) is 18.9. The lowest BCUT2D eigenvalue weighted by molar-refractivity contribution is 0.0117. The van der Waals surface area contributed by atoms with Crippen molar-refractivity contribution in [3.8, 4) is 0 Å². The summed E-state index contributed by atoms with van der Waals surface area (Å²) in [7, 11) is 0. The quantitative estimate of drug-likeness (QED) is 0.455. The average Bonchev–Trinajstić information content (AvgIpc) is 3.58. The van der Waals surface area contributed by atoms with Crippen molar-refractivity contribution in [2.24, 2.45) is 0 Å². The zero-order chi connectivity index (χ0) is 19.6. The van der Waals surface area contributed by atoms with Crippen LogP contribution in [0.2, 0.25) is 0 Å². The molecule has 28 heavy (non-hydrogen) atoms. The molecule has 0 aliphatic carbocycles. The van der Waals surface area contributed by atoms with Crippen molar-refractivity contribution in [3.05, 3.63) is 108 Å². The van der Waals surface area contributed by atoms with Crippen molar-refractivity contribution < 1.29 is 5.11 Å². The molecule has 0 radical (unpaired) electrons. The fourth-order valence-corrected chi connectivity index (χ4v) is 4.73. The van der Waals surface area contributed by atoms with Gasteiger partial charge in [0.25, 0.3) is 0 Å². The van der Waals surface area contributed by atoms with Gasteiger partial charge in [-0.2, -0.15) is 0 Å². The van der Waals surface area contributed by atoms with E-state index in [1.165, 1.54) is 16.7 Å². The van der Waals surface area contributed by atoms with Crippen LogP contribution in [0, 0.1) is 0 Å². The zero-order valence-corrected chi connectivity index (χ0v) is 16.8. The standard InChI is InChI=1S/C26H29NO/c1-3-25(28,4-2)24-20-27(24)26(21-14-8-5-9-15-21,22-16-10-6-11-17-22)23-18-12-7-13-19-23/h5-19,24,28H,3-4,20H2,1-2H3/t24-,27?/m0/s1. The van der Waals surface area contributed by atoms with Crippen LogP contribution in [0.4, 0.5) is 0 Å². The molecule has 0 amide bonds. The molecule has 4 rings (SSSR count). The van der Waals surface area contributed by atoms with Crippen LogP contribution in [0.25, 0.3) is 0 Å². The highest BCUT2D eigenvalue weighted by Crippen LogP contribution is 2.51. The predicted octanol–water partition coefficient (Wildman–Crippen LogP) is 5.21. The first-order valence-electron chi connectivity index (χ1n) is 10.3. The van der Waals surface area contributed by atoms with Crippen molar-refractivity contribution in [1.82, 2.24) is 4.90 Å². The van der Waals surface area contributed by atoms with Crippen LogP contribution in [0.5, 0.6) is 0 Å². The molecule has 2 atom stereocenters. The molecule has 1 heterocycles. The van der Waals surface area contributed by atoms with Gasteiger partial charge >= 0.3 is 0 Å². The molecule has 2 nitrogen and oxygen atoms in total. The van der Waals surface area contributed by atoms with Crippen molar-refractivity contribution >= 4 is 0 Å². The number of hydrogen-bond donors (Lipinski definition) is 1. The van der Waals surface area contributed by atoms with Gasteiger partial charge in [-0.1, -0.05) is 105 Å². The Kier molecular flexibility index (Phi) is 5.09. The van der Waals surface area contributed by atoms with E-state index >= 15 is 0 Å². The fourth-order valence-electron chi connectivity index (χ4n) is 4.73. The minimum atomic E-state index is -0.663. The molecule has 1 saturated heterocycles. The summed E-state index contributed by atoms with van der Waals surface area (Å²) >= 11 is 0. The van der Waals surface area contributed by atoms with Gasteiger partial charge in [-0.3, -0.25) is 4.90 Å². The van der Waals surface area contributed by atoms with E-state index in [0.29, 0.717) is 0 Å². The van der Waals surface area contributed by atoms with E-state index in [-0.39, 0.29) is 6.04 Å². The van der Waals surface area contributed by atoms with Crippen molar-refractivity contribution in [2.45, 2.75) is 43.9 Å². The molecule has 2 heteroatoms. The summed E-state index contributed by atoms with van der Waals surface area (Å²) < 4.78 is 0. The molecule has 1 aliphatic rings. The number of rotatable bonds is 7. The Morgan fingerprint density at radius 3 is 1.39 bits per heavy atom. The van der Waals surface area contributed by atoms with Gasteiger partial charge in [-0.25, -0.2) is 0 Å². The van der Waals surface area contributed by atoms with Gasteiger partial charge in [0.15, 0.2) is 0 Å². The second kappa shape index (κ2) is 7.54. The van der Waals surface area contributed by atoms with Crippen LogP contribution in [-0.4, -0.2) is 28.2 Å². The van der Waals surface area contributed by atoms with Crippen LogP contribution in [-0.2, 0) is 5.54 Å². The van der Waals surface area contributed by atoms with Gasteiger partial charge in [0.05, 0.1) is 17.2 Å². The highest BCUT2D eigenvalue weighted by Gasteiger charge is 2.59. The van der Waals surface area contributed by atoms with E-state index in [4.69, 9.17) is 0 Å². The second-order valence-electron chi connectivity index (χ2n) is 7.79. The molecule has 1 unspecified atom stereocenters. The summed E-state index contributed by atoms with van der Waals surface area (Å²) in [5.41, 5.74) is 2.65. The first-order chi connectivity index (χ1) is 13.7. The highest BCUT2D eigenvalue weighted by molar-refractivity contribution is 5.51. The van der Waals surface area contributed by atoms with Gasteiger partial charge in [-0.05, 0) is 29.5 Å². The Balaban J connectivity index is 1.96. The third-order valence-corrected chi connectivity index (χ3v) is 6.46. The number of benzene rings is 3. The van der Waals surface area contributed by atoms with E-state index < -0.39 is 11.1 Å². The Morgan fingerprint density at radius 2 is 1.07 bits per heavy atom. The second-order valence-corrected chi connectivity index (χ2v) is 7.79. The third-order valence-electron chi connectivity index (χ3n) is 6.46. The third kappa shape index (κ3) is 2.97. The van der Waals surface area contributed by atoms with Gasteiger partial charge in [-0.15, -0.1) is 0 Å². The fraction of sp³-hybridized carbons (Fsp3) is 0.308. The van der Waals surface area contributed by atoms with E-state index in [0.717, 1.165) is 19.4 Å². The Bertz CT molecular complexity index is 791. The van der Waals surface area contributed by atoms with Crippen LogP contribution in [0.3, 0.4) is 0 Å². The summed E-state index contributed by atoms with van der Waals surface area (Å²) in [6, 6.07) is 32.3. The van der Waals surface area contributed by atoms with Crippen molar-refractivity contribution in [3.63, 3.8) is 0 Å². The van der Waals surface area contributed by atoms with Crippen LogP contribution < -0.4 is 0 Å². The summed E-state index contributed by atoms with van der Waals surface area (Å²) in [6.07, 6.45) is 1.53. The normalized spacial score (nSPS) is 19.4. The lowest BCUT2D eigenvalue weighted by Gasteiger charge is -2.40. The van der Waals surface area contributed by atoms with Crippen LogP contribution in [0.1, 0.15) is 43.4 Å². The van der Waals surface area contributed by atoms with Crippen LogP contribution in [0.15, 0.2) is 91.0 Å². The van der Waals surface area contributed by atoms with E-state index in [1.54, 1.807) is 0 Å². The van der Waals surface area contributed by atoms with Gasteiger partial charge < -0.3 is 5.11 Å². The molecule has 0 aromatic heterocycles. The summed E-state index contributed by atoms with van der Waals surface area (Å²) in [6.45, 7) is 5.07. The van der Waals surface area contributed by atoms with Gasteiger partial charge in [0, 0.05) is 6.54 Å². The lowest BCUT2D eigenvalue weighted by Crippen LogP contribution is -2.44. The molecule has 1 aliphatic heterocycles. The number of aliphatic hydroxyl groups is 1. The Morgan fingerprint density at radius 1 is 0.714 bits per heavy atom. The minimum Gasteiger partial charge on any atom is -0.388 e. The van der Waals surface area contributed by atoms with Gasteiger partial charge in [0.2, 0.25) is 0 Å². The summed E-state index contributed by atoms with van der Waals surface area (Å²) in [4.78, 5) is 2.49. The monoisotopic (exact) mass is 371 g/mol. The minimum absolute atomic E-state index is 0.142. The maximum Gasteiger partial charge on any atom is 0.0977 e. The molecule has 0 saturated carbocycles. The SMILES string of the molecule is CCC(O)(CC)[C@@H]1CN1C(c1ccccc1)(c1ccccc1)c1ccccc1. The van der Waals surface area contributed by atoms with E-state index in [9.17, 15) is 5.11 Å². The summed E-state index contributed by atoms with van der Waals surface area (Å²) in [5, 5.41) is 11.3. The zero-order valence-electron chi connectivity index (χ0n) is 16.8. The van der Waals surface area contributed by atoms with Crippen molar-refractivity contribution in [2.75, 3.05) is 6.54 Å². The largest absolute Gasteiger partial charge is 0.388 e. The van der Waals surface area contributed by atoms with Crippen molar-refractivity contribution in [1.29, 1.82) is 0 Å². The Hall–Kier alpha value is -2.42. The smallest absolute Gasteiger partial charge is 0.0977 e. The van der Waals surface area contributed by atoms with E-state index in [2.05, 4.69) is 110 Å². The molecule has 3 aromatic rings. The summed E-state index contributed by atoms with van der Waals surface area (Å²) in [5.74, 6) is 0. The molecule has 0 bridgehead atoms. The molecule has 3 aromatic carbocycles. The topological polar surface area (TPSA) is 23.2 Å². The number of nitrogens with zero attached hydrogens (tertiary/aromatic N) is 1. The number of hydrogen-bond acceptors (Lipinski definition) is 2. The predicted molar refractivity (Wildman–Crippen MR) is 115 cm³/mol. The molecular formula is C26H29NO. The average molecular weight is 372 g/mol. The molecule has 144 valence electrons. The molecule has 1 N–H and O–H groups in total. The van der Waals surface area contributed by atoms with Gasteiger partial charge in [0.1, 0.15) is 0 Å². The lowest BCUT2D eigenvalue weighted by atomic mass is 9.76. The Labute approximate surface area is 168 Å². The van der Waals surface area contributed by atoms with E-state index in [1.807, 2.05) is 0 Å². The van der Waals surface area contributed by atoms with Crippen LogP contribution >= 0.6 is 0 Å². The maximum absolute atomic E-state index is 11.3. The highest BCUT2D eigenvalue weighted by atomic mass is 16.3. The molecular weight excluding hydrogens is 342 g/mol. The maximum atomic E-state index is 11.3. The first-order valence-corrected chi connectivity index (χ1v) is 10.3. The molecule has 1 fully saturated rings.